The molecule has 2 heterocycles. The van der Waals surface area contributed by atoms with Crippen molar-refractivity contribution in [1.82, 2.24) is 5.32 Å². The van der Waals surface area contributed by atoms with Gasteiger partial charge in [0.25, 0.3) is 5.91 Å². The molecule has 3 rings (SSSR count). The van der Waals surface area contributed by atoms with Gasteiger partial charge in [0.15, 0.2) is 0 Å². The Balaban J connectivity index is 1.78. The zero-order valence-corrected chi connectivity index (χ0v) is 12.2. The van der Waals surface area contributed by atoms with E-state index in [4.69, 9.17) is 4.42 Å². The van der Waals surface area contributed by atoms with E-state index >= 15 is 0 Å². The fourth-order valence-electron chi connectivity index (χ4n) is 2.11. The van der Waals surface area contributed by atoms with Crippen molar-refractivity contribution in [1.29, 1.82) is 0 Å². The minimum atomic E-state index is -0.155. The van der Waals surface area contributed by atoms with Gasteiger partial charge in [-0.05, 0) is 38.1 Å². The smallest absolute Gasteiger partial charge is 0.261 e. The van der Waals surface area contributed by atoms with Crippen LogP contribution in [0.4, 0.5) is 0 Å². The summed E-state index contributed by atoms with van der Waals surface area (Å²) in [6.07, 6.45) is 0. The third kappa shape index (κ3) is 2.47. The lowest BCUT2D eigenvalue weighted by atomic mass is 10.2. The summed E-state index contributed by atoms with van der Waals surface area (Å²) in [5, 5.41) is 4.02. The monoisotopic (exact) mass is 285 g/mol. The van der Waals surface area contributed by atoms with Crippen molar-refractivity contribution in [2.75, 3.05) is 0 Å². The van der Waals surface area contributed by atoms with E-state index in [1.54, 1.807) is 0 Å². The van der Waals surface area contributed by atoms with Crippen LogP contribution in [0.25, 0.3) is 11.0 Å². The first kappa shape index (κ1) is 12.9. The molecular formula is C16H15NO2S. The van der Waals surface area contributed by atoms with Crippen molar-refractivity contribution in [3.8, 4) is 0 Å². The number of aryl methyl sites for hydroxylation is 1. The normalized spacial score (nSPS) is 12.5. The summed E-state index contributed by atoms with van der Waals surface area (Å²) in [6.45, 7) is 3.92. The predicted octanol–water partition coefficient (Wildman–Crippen LogP) is 4.29. The first-order chi connectivity index (χ1) is 9.63. The Morgan fingerprint density at radius 3 is 2.75 bits per heavy atom. The molecular weight excluding hydrogens is 270 g/mol. The number of thiophene rings is 1. The molecule has 3 nitrogen and oxygen atoms in total. The zero-order valence-electron chi connectivity index (χ0n) is 11.3. The maximum Gasteiger partial charge on any atom is 0.261 e. The van der Waals surface area contributed by atoms with Crippen molar-refractivity contribution in [2.45, 2.75) is 19.9 Å². The Kier molecular flexibility index (Phi) is 3.32. The molecule has 0 aliphatic carbocycles. The highest BCUT2D eigenvalue weighted by Gasteiger charge is 2.16. The average Bonchev–Trinajstić information content (AvgIpc) is 3.04. The molecule has 1 unspecified atom stereocenters. The van der Waals surface area contributed by atoms with Gasteiger partial charge in [0.1, 0.15) is 11.3 Å². The Morgan fingerprint density at radius 1 is 1.25 bits per heavy atom. The zero-order chi connectivity index (χ0) is 14.1. The largest absolute Gasteiger partial charge is 0.459 e. The quantitative estimate of drug-likeness (QED) is 0.780. The van der Waals surface area contributed by atoms with Crippen LogP contribution in [0.5, 0.6) is 0 Å². The molecule has 1 atom stereocenters. The van der Waals surface area contributed by atoms with E-state index in [-0.39, 0.29) is 11.9 Å². The molecule has 4 heteroatoms. The van der Waals surface area contributed by atoms with E-state index in [1.807, 2.05) is 56.3 Å². The molecule has 0 aliphatic heterocycles. The van der Waals surface area contributed by atoms with E-state index in [2.05, 4.69) is 5.32 Å². The number of amides is 1. The van der Waals surface area contributed by atoms with Gasteiger partial charge in [0, 0.05) is 10.3 Å². The van der Waals surface area contributed by atoms with Crippen molar-refractivity contribution < 1.29 is 9.21 Å². The minimum absolute atomic E-state index is 0.0592. The molecule has 2 aromatic heterocycles. The van der Waals surface area contributed by atoms with Crippen molar-refractivity contribution in [3.63, 3.8) is 0 Å². The first-order valence-corrected chi connectivity index (χ1v) is 7.31. The van der Waals surface area contributed by atoms with Gasteiger partial charge in [-0.25, -0.2) is 0 Å². The number of benzene rings is 1. The molecule has 3 aromatic rings. The Hall–Kier alpha value is -2.07. The topological polar surface area (TPSA) is 42.2 Å². The van der Waals surface area contributed by atoms with E-state index < -0.39 is 0 Å². The standard InChI is InChI=1S/C16H15NO2S/c1-10-7-8-15(20-10)16(18)17-11(2)14-9-12-5-3-4-6-13(12)19-14/h3-9,11H,1-2H3,(H,17,18). The highest BCUT2D eigenvalue weighted by molar-refractivity contribution is 7.13. The second-order valence-electron chi connectivity index (χ2n) is 4.79. The Labute approximate surface area is 121 Å². The Bertz CT molecular complexity index is 724. The molecule has 0 bridgehead atoms. The van der Waals surface area contributed by atoms with Crippen LogP contribution in [0.2, 0.25) is 0 Å². The summed E-state index contributed by atoms with van der Waals surface area (Å²) in [5.41, 5.74) is 0.843. The van der Waals surface area contributed by atoms with Crippen molar-refractivity contribution in [2.24, 2.45) is 0 Å². The number of carbonyl (C=O) groups excluding carboxylic acids is 1. The Morgan fingerprint density at radius 2 is 2.05 bits per heavy atom. The van der Waals surface area contributed by atoms with Crippen LogP contribution in [0.1, 0.15) is 33.3 Å². The van der Waals surface area contributed by atoms with Crippen LogP contribution >= 0.6 is 11.3 Å². The van der Waals surface area contributed by atoms with E-state index in [1.165, 1.54) is 11.3 Å². The van der Waals surface area contributed by atoms with Gasteiger partial charge in [0.2, 0.25) is 0 Å². The van der Waals surface area contributed by atoms with Crippen LogP contribution in [-0.4, -0.2) is 5.91 Å². The summed E-state index contributed by atoms with van der Waals surface area (Å²) >= 11 is 1.50. The molecule has 1 N–H and O–H groups in total. The second-order valence-corrected chi connectivity index (χ2v) is 6.08. The number of hydrogen-bond acceptors (Lipinski definition) is 3. The molecule has 1 aromatic carbocycles. The van der Waals surface area contributed by atoms with Crippen LogP contribution in [0, 0.1) is 6.92 Å². The molecule has 102 valence electrons. The molecule has 0 spiro atoms. The van der Waals surface area contributed by atoms with Crippen molar-refractivity contribution in [3.05, 3.63) is 58.0 Å². The van der Waals surface area contributed by atoms with Gasteiger partial charge in [0.05, 0.1) is 10.9 Å². The number of hydrogen-bond donors (Lipinski definition) is 1. The average molecular weight is 285 g/mol. The van der Waals surface area contributed by atoms with Crippen LogP contribution in [0.15, 0.2) is 46.9 Å². The molecule has 20 heavy (non-hydrogen) atoms. The van der Waals surface area contributed by atoms with E-state index in [9.17, 15) is 4.79 Å². The number of rotatable bonds is 3. The lowest BCUT2D eigenvalue weighted by molar-refractivity contribution is 0.0940. The summed E-state index contributed by atoms with van der Waals surface area (Å²) in [7, 11) is 0. The third-order valence-corrected chi connectivity index (χ3v) is 4.18. The number of para-hydroxylation sites is 1. The fraction of sp³-hybridized carbons (Fsp3) is 0.188. The first-order valence-electron chi connectivity index (χ1n) is 6.49. The molecule has 0 fully saturated rings. The van der Waals surface area contributed by atoms with E-state index in [0.717, 1.165) is 26.5 Å². The van der Waals surface area contributed by atoms with Crippen LogP contribution in [-0.2, 0) is 0 Å². The number of carbonyl (C=O) groups is 1. The second kappa shape index (κ2) is 5.13. The van der Waals surface area contributed by atoms with Gasteiger partial charge in [-0.2, -0.15) is 0 Å². The van der Waals surface area contributed by atoms with Gasteiger partial charge < -0.3 is 9.73 Å². The lowest BCUT2D eigenvalue weighted by Crippen LogP contribution is -2.25. The fourth-order valence-corrected chi connectivity index (χ4v) is 2.88. The highest BCUT2D eigenvalue weighted by Crippen LogP contribution is 2.24. The summed E-state index contributed by atoms with van der Waals surface area (Å²) in [4.78, 5) is 14.0. The minimum Gasteiger partial charge on any atom is -0.459 e. The van der Waals surface area contributed by atoms with Crippen LogP contribution < -0.4 is 5.32 Å². The van der Waals surface area contributed by atoms with E-state index in [0.29, 0.717) is 0 Å². The lowest BCUT2D eigenvalue weighted by Gasteiger charge is -2.10. The van der Waals surface area contributed by atoms with Gasteiger partial charge in [-0.1, -0.05) is 18.2 Å². The molecule has 0 radical (unpaired) electrons. The maximum absolute atomic E-state index is 12.1. The number of nitrogens with one attached hydrogen (secondary N) is 1. The van der Waals surface area contributed by atoms with Crippen LogP contribution in [0.3, 0.4) is 0 Å². The summed E-state index contributed by atoms with van der Waals surface area (Å²) < 4.78 is 5.76. The molecule has 0 aliphatic rings. The molecule has 1 amide bonds. The number of furan rings is 1. The molecule has 0 saturated carbocycles. The SMILES string of the molecule is Cc1ccc(C(=O)NC(C)c2cc3ccccc3o2)s1. The summed E-state index contributed by atoms with van der Waals surface area (Å²) in [5.74, 6) is 0.712. The highest BCUT2D eigenvalue weighted by atomic mass is 32.1. The number of fused-ring (bicyclic) bond motifs is 1. The molecule has 0 saturated heterocycles. The van der Waals surface area contributed by atoms with Crippen molar-refractivity contribution >= 4 is 28.2 Å². The third-order valence-electron chi connectivity index (χ3n) is 3.18. The summed E-state index contributed by atoms with van der Waals surface area (Å²) in [6, 6.07) is 13.5. The van der Waals surface area contributed by atoms with Gasteiger partial charge in [-0.3, -0.25) is 4.79 Å². The van der Waals surface area contributed by atoms with Gasteiger partial charge in [-0.15, -0.1) is 11.3 Å². The predicted molar refractivity (Wildman–Crippen MR) is 81.2 cm³/mol. The van der Waals surface area contributed by atoms with Gasteiger partial charge >= 0.3 is 0 Å². The maximum atomic E-state index is 12.1.